The molecule has 0 unspecified atom stereocenters. The van der Waals surface area contributed by atoms with Gasteiger partial charge in [-0.25, -0.2) is 4.79 Å². The van der Waals surface area contributed by atoms with Crippen LogP contribution < -0.4 is 0 Å². The Balaban J connectivity index is 1.22. The quantitative estimate of drug-likeness (QED) is 0.415. The number of hydrogen-bond donors (Lipinski definition) is 0. The monoisotopic (exact) mass is 488 g/mol. The Kier molecular flexibility index (Phi) is 6.89. The number of rotatable bonds is 7. The van der Waals surface area contributed by atoms with Crippen molar-refractivity contribution in [2.75, 3.05) is 32.7 Å². The summed E-state index contributed by atoms with van der Waals surface area (Å²) in [6.45, 7) is 4.02. The number of piperazine rings is 1. The molecule has 2 aliphatic rings. The van der Waals surface area contributed by atoms with Crippen molar-refractivity contribution >= 4 is 22.9 Å². The van der Waals surface area contributed by atoms with Gasteiger partial charge in [0.1, 0.15) is 0 Å². The lowest BCUT2D eigenvalue weighted by Crippen LogP contribution is -2.49. The zero-order valence-corrected chi connectivity index (χ0v) is 20.4. The van der Waals surface area contributed by atoms with E-state index >= 15 is 0 Å². The summed E-state index contributed by atoms with van der Waals surface area (Å²) in [6.07, 6.45) is 1.93. The average molecular weight is 489 g/mol. The molecule has 0 bridgehead atoms. The summed E-state index contributed by atoms with van der Waals surface area (Å²) in [6, 6.07) is 26.1. The van der Waals surface area contributed by atoms with Crippen LogP contribution in [0, 0.1) is 0 Å². The SMILES string of the molecule is O=C(Cl)OC1(CCCN2CCN(C(=O)Cc3ccccc3)CC2)c2ccccc2-c2ccccc21. The number of halogens is 1. The lowest BCUT2D eigenvalue weighted by atomic mass is 9.86. The molecule has 1 heterocycles. The van der Waals surface area contributed by atoms with Crippen molar-refractivity contribution in [2.45, 2.75) is 24.9 Å². The van der Waals surface area contributed by atoms with Gasteiger partial charge in [0.05, 0.1) is 6.42 Å². The molecule has 1 aliphatic heterocycles. The van der Waals surface area contributed by atoms with E-state index in [1.54, 1.807) is 0 Å². The van der Waals surface area contributed by atoms with Gasteiger partial charge in [0.15, 0.2) is 5.60 Å². The molecule has 1 fully saturated rings. The van der Waals surface area contributed by atoms with Gasteiger partial charge in [-0.2, -0.15) is 0 Å². The largest absolute Gasteiger partial charge is 0.437 e. The Labute approximate surface area is 211 Å². The summed E-state index contributed by atoms with van der Waals surface area (Å²) in [5.41, 5.74) is 3.55. The van der Waals surface area contributed by atoms with E-state index in [1.165, 1.54) is 0 Å². The molecule has 0 saturated carbocycles. The second kappa shape index (κ2) is 10.2. The fourth-order valence-electron chi connectivity index (χ4n) is 5.51. The van der Waals surface area contributed by atoms with Gasteiger partial charge in [0, 0.05) is 48.9 Å². The van der Waals surface area contributed by atoms with Crippen molar-refractivity contribution in [3.8, 4) is 11.1 Å². The van der Waals surface area contributed by atoms with Gasteiger partial charge in [0.2, 0.25) is 5.91 Å². The number of nitrogens with zero attached hydrogens (tertiary/aromatic N) is 2. The number of amides is 1. The molecular weight excluding hydrogens is 460 g/mol. The highest BCUT2D eigenvalue weighted by atomic mass is 35.5. The molecule has 1 amide bonds. The van der Waals surface area contributed by atoms with E-state index < -0.39 is 11.0 Å². The Bertz CT molecular complexity index is 1160. The van der Waals surface area contributed by atoms with E-state index in [2.05, 4.69) is 17.0 Å². The molecule has 3 aromatic rings. The third-order valence-electron chi connectivity index (χ3n) is 7.20. The summed E-state index contributed by atoms with van der Waals surface area (Å²) in [4.78, 5) is 29.0. The minimum Gasteiger partial charge on any atom is -0.437 e. The van der Waals surface area contributed by atoms with Crippen molar-refractivity contribution in [3.05, 3.63) is 95.6 Å². The number of ether oxygens (including phenoxy) is 1. The van der Waals surface area contributed by atoms with Gasteiger partial charge in [-0.3, -0.25) is 9.69 Å². The molecule has 1 saturated heterocycles. The Morgan fingerprint density at radius 2 is 1.37 bits per heavy atom. The summed E-state index contributed by atoms with van der Waals surface area (Å²) in [7, 11) is 0. The molecule has 0 radical (unpaired) electrons. The van der Waals surface area contributed by atoms with Crippen LogP contribution >= 0.6 is 11.6 Å². The zero-order chi connectivity index (χ0) is 24.3. The highest BCUT2D eigenvalue weighted by molar-refractivity contribution is 6.61. The topological polar surface area (TPSA) is 49.9 Å². The Hall–Kier alpha value is -3.15. The standard InChI is InChI=1S/C29H29ClN2O3/c30-28(34)35-29(25-13-6-4-11-23(25)24-12-5-7-14-26(24)29)15-8-16-31-17-19-32(20-18-31)27(33)21-22-9-2-1-3-10-22/h1-7,9-14H,8,15-21H2. The van der Waals surface area contributed by atoms with Crippen molar-refractivity contribution < 1.29 is 14.3 Å². The van der Waals surface area contributed by atoms with Crippen LogP contribution in [0.25, 0.3) is 11.1 Å². The van der Waals surface area contributed by atoms with Crippen LogP contribution in [-0.4, -0.2) is 53.9 Å². The number of carbonyl (C=O) groups excluding carboxylic acids is 2. The molecule has 5 rings (SSSR count). The molecule has 6 heteroatoms. The smallest absolute Gasteiger partial charge is 0.405 e. The van der Waals surface area contributed by atoms with Crippen molar-refractivity contribution in [1.29, 1.82) is 0 Å². The second-order valence-corrected chi connectivity index (χ2v) is 9.55. The van der Waals surface area contributed by atoms with Crippen LogP contribution in [0.15, 0.2) is 78.9 Å². The van der Waals surface area contributed by atoms with Crippen LogP contribution in [-0.2, 0) is 21.6 Å². The van der Waals surface area contributed by atoms with Crippen LogP contribution in [0.4, 0.5) is 4.79 Å². The van der Waals surface area contributed by atoms with Crippen molar-refractivity contribution in [1.82, 2.24) is 9.80 Å². The predicted molar refractivity (Wildman–Crippen MR) is 137 cm³/mol. The first-order valence-corrected chi connectivity index (χ1v) is 12.6. The minimum absolute atomic E-state index is 0.183. The molecule has 0 aromatic heterocycles. The van der Waals surface area contributed by atoms with Crippen LogP contribution in [0.1, 0.15) is 29.5 Å². The van der Waals surface area contributed by atoms with E-state index in [9.17, 15) is 9.59 Å². The first-order valence-electron chi connectivity index (χ1n) is 12.2. The first-order chi connectivity index (χ1) is 17.1. The molecule has 35 heavy (non-hydrogen) atoms. The van der Waals surface area contributed by atoms with Crippen LogP contribution in [0.3, 0.4) is 0 Å². The van der Waals surface area contributed by atoms with Gasteiger partial charge in [-0.05, 0) is 36.1 Å². The Morgan fingerprint density at radius 1 is 0.800 bits per heavy atom. The molecular formula is C29H29ClN2O3. The normalized spacial score (nSPS) is 16.4. The summed E-state index contributed by atoms with van der Waals surface area (Å²) >= 11 is 5.80. The van der Waals surface area contributed by atoms with Gasteiger partial charge in [0.25, 0.3) is 0 Å². The fraction of sp³-hybridized carbons (Fsp3) is 0.310. The maximum atomic E-state index is 12.7. The number of benzene rings is 3. The van der Waals surface area contributed by atoms with E-state index in [1.807, 2.05) is 71.6 Å². The van der Waals surface area contributed by atoms with E-state index in [0.29, 0.717) is 12.8 Å². The average Bonchev–Trinajstić information content (AvgIpc) is 3.15. The number of hydrogen-bond acceptors (Lipinski definition) is 4. The minimum atomic E-state index is -0.876. The predicted octanol–water partition coefficient (Wildman–Crippen LogP) is 5.45. The molecule has 0 N–H and O–H groups in total. The molecule has 0 atom stereocenters. The maximum Gasteiger partial charge on any atom is 0.405 e. The van der Waals surface area contributed by atoms with E-state index in [0.717, 1.165) is 67.0 Å². The van der Waals surface area contributed by atoms with Gasteiger partial charge < -0.3 is 9.64 Å². The molecule has 5 nitrogen and oxygen atoms in total. The lowest BCUT2D eigenvalue weighted by molar-refractivity contribution is -0.132. The van der Waals surface area contributed by atoms with E-state index in [4.69, 9.17) is 16.3 Å². The van der Waals surface area contributed by atoms with Crippen molar-refractivity contribution in [2.24, 2.45) is 0 Å². The van der Waals surface area contributed by atoms with Gasteiger partial charge >= 0.3 is 5.43 Å². The third-order valence-corrected chi connectivity index (χ3v) is 7.27. The highest BCUT2D eigenvalue weighted by Gasteiger charge is 2.46. The second-order valence-electron chi connectivity index (χ2n) is 9.25. The zero-order valence-electron chi connectivity index (χ0n) is 19.7. The maximum absolute atomic E-state index is 12.7. The first kappa shape index (κ1) is 23.6. The fourth-order valence-corrected chi connectivity index (χ4v) is 5.64. The van der Waals surface area contributed by atoms with Crippen LogP contribution in [0.5, 0.6) is 0 Å². The number of fused-ring (bicyclic) bond motifs is 3. The third kappa shape index (κ3) is 4.84. The summed E-state index contributed by atoms with van der Waals surface area (Å²) < 4.78 is 5.90. The number of carbonyl (C=O) groups is 2. The summed E-state index contributed by atoms with van der Waals surface area (Å²) in [5, 5.41) is 0. The van der Waals surface area contributed by atoms with Crippen molar-refractivity contribution in [3.63, 3.8) is 0 Å². The highest BCUT2D eigenvalue weighted by Crippen LogP contribution is 2.52. The van der Waals surface area contributed by atoms with E-state index in [-0.39, 0.29) is 5.91 Å². The van der Waals surface area contributed by atoms with Gasteiger partial charge in [-0.15, -0.1) is 0 Å². The summed E-state index contributed by atoms with van der Waals surface area (Å²) in [5.74, 6) is 0.183. The van der Waals surface area contributed by atoms with Crippen LogP contribution in [0.2, 0.25) is 0 Å². The Morgan fingerprint density at radius 3 is 1.97 bits per heavy atom. The molecule has 3 aromatic carbocycles. The molecule has 1 aliphatic carbocycles. The molecule has 0 spiro atoms. The lowest BCUT2D eigenvalue weighted by Gasteiger charge is -2.36. The van der Waals surface area contributed by atoms with Gasteiger partial charge in [-0.1, -0.05) is 78.9 Å². The molecule has 180 valence electrons.